The molecule has 2 heterocycles. The SMILES string of the molecule is CC(=O)Oc1ccc(C2(C)OCC(C#N)=C2C=CC=C=C2Sc3ccccc3N2CCO)cc1. The van der Waals surface area contributed by atoms with E-state index >= 15 is 0 Å². The smallest absolute Gasteiger partial charge is 0.308 e. The van der Waals surface area contributed by atoms with E-state index in [1.54, 1.807) is 23.9 Å². The van der Waals surface area contributed by atoms with Gasteiger partial charge in [0.25, 0.3) is 0 Å². The minimum atomic E-state index is -0.807. The highest BCUT2D eigenvalue weighted by atomic mass is 32.2. The number of thioether (sulfide) groups is 1. The summed E-state index contributed by atoms with van der Waals surface area (Å²) in [7, 11) is 0. The second-order valence-corrected chi connectivity index (χ2v) is 8.89. The highest BCUT2D eigenvalue weighted by molar-refractivity contribution is 8.03. The van der Waals surface area contributed by atoms with Crippen LogP contribution in [0.4, 0.5) is 5.69 Å². The Kier molecular flexibility index (Phi) is 7.06. The first-order valence-electron chi connectivity index (χ1n) is 10.8. The number of ether oxygens (including phenoxy) is 2. The first kappa shape index (κ1) is 23.6. The number of carbonyl (C=O) groups is 1. The van der Waals surface area contributed by atoms with Crippen molar-refractivity contribution in [3.63, 3.8) is 0 Å². The summed E-state index contributed by atoms with van der Waals surface area (Å²) in [4.78, 5) is 14.4. The fourth-order valence-electron chi connectivity index (χ4n) is 3.99. The van der Waals surface area contributed by atoms with Crippen molar-refractivity contribution in [2.24, 2.45) is 0 Å². The molecule has 7 heteroatoms. The predicted molar refractivity (Wildman–Crippen MR) is 131 cm³/mol. The molecule has 2 aromatic rings. The van der Waals surface area contributed by atoms with Gasteiger partial charge in [0.15, 0.2) is 0 Å². The topological polar surface area (TPSA) is 82.8 Å². The number of hydrogen-bond donors (Lipinski definition) is 1. The van der Waals surface area contributed by atoms with Gasteiger partial charge in [0.05, 0.1) is 30.5 Å². The zero-order valence-corrected chi connectivity index (χ0v) is 19.8. The van der Waals surface area contributed by atoms with Crippen LogP contribution in [0.25, 0.3) is 0 Å². The van der Waals surface area contributed by atoms with Gasteiger partial charge in [0.1, 0.15) is 16.4 Å². The number of para-hydroxylation sites is 1. The number of aliphatic hydroxyl groups is 1. The lowest BCUT2D eigenvalue weighted by Gasteiger charge is -2.26. The Hall–Kier alpha value is -3.53. The quantitative estimate of drug-likeness (QED) is 0.279. The minimum Gasteiger partial charge on any atom is -0.427 e. The van der Waals surface area contributed by atoms with Gasteiger partial charge in [0, 0.05) is 23.9 Å². The number of nitriles is 1. The normalized spacial score (nSPS) is 19.2. The van der Waals surface area contributed by atoms with E-state index in [2.05, 4.69) is 11.8 Å². The summed E-state index contributed by atoms with van der Waals surface area (Å²) in [5.74, 6) is 0.0739. The number of fused-ring (bicyclic) bond motifs is 1. The monoisotopic (exact) mass is 472 g/mol. The molecule has 0 saturated heterocycles. The summed E-state index contributed by atoms with van der Waals surface area (Å²) in [5, 5.41) is 20.0. The molecule has 6 nitrogen and oxygen atoms in total. The molecule has 4 rings (SSSR count). The largest absolute Gasteiger partial charge is 0.427 e. The maximum absolute atomic E-state index is 11.2. The van der Waals surface area contributed by atoms with Crippen molar-refractivity contribution in [2.45, 2.75) is 24.3 Å². The molecule has 0 saturated carbocycles. The summed E-state index contributed by atoms with van der Waals surface area (Å²) >= 11 is 1.60. The van der Waals surface area contributed by atoms with Crippen LogP contribution in [-0.4, -0.2) is 30.8 Å². The Labute approximate surface area is 203 Å². The highest BCUT2D eigenvalue weighted by Crippen LogP contribution is 2.45. The molecule has 34 heavy (non-hydrogen) atoms. The standard InChI is InChI=1S/C27H24N2O4S/c1-19(31)33-22-13-11-21(12-14-22)27(2)23(20(17-28)18-32-27)7-3-6-10-26-29(15-16-30)24-8-4-5-9-25(24)34-26/h3-9,11-14,30H,15-16,18H2,1-2H3. The molecule has 2 aliphatic rings. The van der Waals surface area contributed by atoms with Gasteiger partial charge in [-0.2, -0.15) is 5.26 Å². The molecule has 0 fully saturated rings. The third-order valence-corrected chi connectivity index (χ3v) is 6.74. The molecule has 2 aromatic carbocycles. The molecule has 1 N–H and O–H groups in total. The van der Waals surface area contributed by atoms with E-state index in [9.17, 15) is 15.2 Å². The average molecular weight is 473 g/mol. The average Bonchev–Trinajstić information content (AvgIpc) is 3.35. The van der Waals surface area contributed by atoms with Crippen molar-refractivity contribution in [2.75, 3.05) is 24.7 Å². The Bertz CT molecular complexity index is 1270. The number of aliphatic hydroxyl groups excluding tert-OH is 1. The third-order valence-electron chi connectivity index (χ3n) is 5.64. The van der Waals surface area contributed by atoms with E-state index in [-0.39, 0.29) is 19.2 Å². The summed E-state index contributed by atoms with van der Waals surface area (Å²) in [6, 6.07) is 17.4. The molecule has 1 unspecified atom stereocenters. The maximum Gasteiger partial charge on any atom is 0.308 e. The molecular formula is C27H24N2O4S. The summed E-state index contributed by atoms with van der Waals surface area (Å²) in [6.07, 6.45) is 5.53. The fourth-order valence-corrected chi connectivity index (χ4v) is 5.05. The van der Waals surface area contributed by atoms with Gasteiger partial charge in [-0.25, -0.2) is 0 Å². The molecule has 0 aromatic heterocycles. The zero-order chi connectivity index (χ0) is 24.1. The Morgan fingerprint density at radius 2 is 2.06 bits per heavy atom. The molecular weight excluding hydrogens is 448 g/mol. The zero-order valence-electron chi connectivity index (χ0n) is 18.9. The molecule has 0 radical (unpaired) electrons. The molecule has 1 atom stereocenters. The molecule has 0 spiro atoms. The van der Waals surface area contributed by atoms with Crippen molar-refractivity contribution in [3.8, 4) is 11.8 Å². The summed E-state index contributed by atoms with van der Waals surface area (Å²) < 4.78 is 11.2. The van der Waals surface area contributed by atoms with Gasteiger partial charge in [-0.1, -0.05) is 53.9 Å². The lowest BCUT2D eigenvalue weighted by molar-refractivity contribution is -0.131. The van der Waals surface area contributed by atoms with E-state index in [4.69, 9.17) is 9.47 Å². The van der Waals surface area contributed by atoms with E-state index in [1.165, 1.54) is 6.92 Å². The number of esters is 1. The lowest BCUT2D eigenvalue weighted by atomic mass is 9.86. The van der Waals surface area contributed by atoms with E-state index in [0.29, 0.717) is 17.9 Å². The maximum atomic E-state index is 11.2. The number of rotatable bonds is 6. The summed E-state index contributed by atoms with van der Waals surface area (Å²) in [6.45, 7) is 4.03. The molecule has 0 bridgehead atoms. The second-order valence-electron chi connectivity index (χ2n) is 7.86. The van der Waals surface area contributed by atoms with E-state index in [0.717, 1.165) is 26.7 Å². The molecule has 0 aliphatic carbocycles. The number of allylic oxidation sites excluding steroid dienone is 2. The lowest BCUT2D eigenvalue weighted by Crippen LogP contribution is -2.23. The summed E-state index contributed by atoms with van der Waals surface area (Å²) in [5.41, 5.74) is 5.74. The van der Waals surface area contributed by atoms with Crippen molar-refractivity contribution < 1.29 is 19.4 Å². The van der Waals surface area contributed by atoms with Crippen LogP contribution in [-0.2, 0) is 15.1 Å². The van der Waals surface area contributed by atoms with Gasteiger partial charge in [-0.05, 0) is 42.8 Å². The van der Waals surface area contributed by atoms with Gasteiger partial charge in [-0.3, -0.25) is 4.79 Å². The third kappa shape index (κ3) is 4.72. The number of hydrogen-bond acceptors (Lipinski definition) is 7. The van der Waals surface area contributed by atoms with Crippen molar-refractivity contribution >= 4 is 23.4 Å². The van der Waals surface area contributed by atoms with Crippen LogP contribution in [0, 0.1) is 11.3 Å². The van der Waals surface area contributed by atoms with Crippen LogP contribution in [0.5, 0.6) is 5.75 Å². The van der Waals surface area contributed by atoms with Gasteiger partial charge < -0.3 is 19.5 Å². The van der Waals surface area contributed by atoms with Crippen molar-refractivity contribution in [3.05, 3.63) is 94.2 Å². The molecule has 2 aliphatic heterocycles. The molecule has 0 amide bonds. The van der Waals surface area contributed by atoms with Crippen molar-refractivity contribution in [1.29, 1.82) is 5.26 Å². The highest BCUT2D eigenvalue weighted by Gasteiger charge is 2.38. The molecule has 172 valence electrons. The van der Waals surface area contributed by atoms with Crippen LogP contribution in [0.2, 0.25) is 0 Å². The fraction of sp³-hybridized carbons (Fsp3) is 0.222. The van der Waals surface area contributed by atoms with E-state index < -0.39 is 5.60 Å². The van der Waals surface area contributed by atoms with Gasteiger partial charge in [-0.15, -0.1) is 0 Å². The van der Waals surface area contributed by atoms with Crippen LogP contribution in [0.1, 0.15) is 19.4 Å². The van der Waals surface area contributed by atoms with Crippen LogP contribution >= 0.6 is 11.8 Å². The first-order valence-corrected chi connectivity index (χ1v) is 11.6. The number of carbonyl (C=O) groups excluding carboxylic acids is 1. The van der Waals surface area contributed by atoms with Crippen LogP contribution < -0.4 is 9.64 Å². The van der Waals surface area contributed by atoms with Crippen LogP contribution in [0.3, 0.4) is 0 Å². The first-order chi connectivity index (χ1) is 16.5. The van der Waals surface area contributed by atoms with Crippen molar-refractivity contribution in [1.82, 2.24) is 0 Å². The Balaban J connectivity index is 1.60. The minimum absolute atomic E-state index is 0.0419. The number of β-amino-alcohol motifs (C(OH)–C–C–N with tert-alkyl or cyclic N) is 1. The van der Waals surface area contributed by atoms with Crippen LogP contribution in [0.15, 0.2) is 93.6 Å². The predicted octanol–water partition coefficient (Wildman–Crippen LogP) is 4.83. The number of benzene rings is 2. The van der Waals surface area contributed by atoms with Gasteiger partial charge in [0.2, 0.25) is 0 Å². The van der Waals surface area contributed by atoms with Gasteiger partial charge >= 0.3 is 5.97 Å². The number of anilines is 1. The van der Waals surface area contributed by atoms with E-state index in [1.807, 2.05) is 66.4 Å². The second kappa shape index (κ2) is 10.2. The Morgan fingerprint density at radius 3 is 2.76 bits per heavy atom. The Morgan fingerprint density at radius 1 is 1.29 bits per heavy atom. The number of nitrogens with zero attached hydrogens (tertiary/aromatic N) is 2.